The number of rotatable bonds is 5. The van der Waals surface area contributed by atoms with Crippen LogP contribution in [-0.2, 0) is 13.0 Å². The second-order valence-corrected chi connectivity index (χ2v) is 4.27. The summed E-state index contributed by atoms with van der Waals surface area (Å²) in [5.41, 5.74) is 5.09. The lowest BCUT2D eigenvalue weighted by atomic mass is 9.87. The Kier molecular flexibility index (Phi) is 3.85. The highest BCUT2D eigenvalue weighted by Crippen LogP contribution is 2.25. The third-order valence-electron chi connectivity index (χ3n) is 2.88. The van der Waals surface area contributed by atoms with E-state index in [9.17, 15) is 4.39 Å². The van der Waals surface area contributed by atoms with Crippen LogP contribution in [0.2, 0.25) is 0 Å². The molecule has 1 unspecified atom stereocenters. The minimum absolute atomic E-state index is 0.0575. The zero-order chi connectivity index (χ0) is 11.5. The van der Waals surface area contributed by atoms with Gasteiger partial charge in [-0.05, 0) is 18.4 Å². The lowest BCUT2D eigenvalue weighted by Gasteiger charge is -2.27. The van der Waals surface area contributed by atoms with Crippen molar-refractivity contribution in [1.29, 1.82) is 0 Å². The molecule has 4 heteroatoms. The van der Waals surface area contributed by atoms with Gasteiger partial charge in [0.2, 0.25) is 0 Å². The zero-order valence-corrected chi connectivity index (χ0v) is 9.70. The first-order valence-electron chi connectivity index (χ1n) is 5.42. The molecule has 0 saturated heterocycles. The Bertz CT molecular complexity index is 309. The molecular weight excluding hydrogens is 193 g/mol. The van der Waals surface area contributed by atoms with Gasteiger partial charge in [0.1, 0.15) is 5.67 Å². The molecule has 0 amide bonds. The van der Waals surface area contributed by atoms with Crippen LogP contribution in [0.4, 0.5) is 4.39 Å². The molecule has 1 atom stereocenters. The Morgan fingerprint density at radius 2 is 2.27 bits per heavy atom. The fourth-order valence-corrected chi connectivity index (χ4v) is 1.52. The molecule has 15 heavy (non-hydrogen) atoms. The van der Waals surface area contributed by atoms with Crippen molar-refractivity contribution in [1.82, 2.24) is 9.78 Å². The van der Waals surface area contributed by atoms with Crippen molar-refractivity contribution in [3.8, 4) is 0 Å². The molecule has 1 aromatic heterocycles. The Hall–Kier alpha value is -0.900. The normalized spacial score (nSPS) is 15.6. The maximum atomic E-state index is 14.3. The largest absolute Gasteiger partial charge is 0.328 e. The summed E-state index contributed by atoms with van der Waals surface area (Å²) in [6.45, 7) is 6.59. The number of nitrogens with zero attached hydrogens (tertiary/aromatic N) is 2. The lowest BCUT2D eigenvalue weighted by Crippen LogP contribution is -2.40. The van der Waals surface area contributed by atoms with Gasteiger partial charge in [-0.15, -0.1) is 0 Å². The predicted molar refractivity (Wildman–Crippen MR) is 59.3 cm³/mol. The van der Waals surface area contributed by atoms with E-state index in [1.807, 2.05) is 27.0 Å². The maximum Gasteiger partial charge on any atom is 0.129 e. The zero-order valence-electron chi connectivity index (χ0n) is 9.70. The van der Waals surface area contributed by atoms with Crippen molar-refractivity contribution in [3.63, 3.8) is 0 Å². The molecule has 0 spiro atoms. The van der Waals surface area contributed by atoms with Gasteiger partial charge in [0.25, 0.3) is 0 Å². The molecule has 2 N–H and O–H groups in total. The predicted octanol–water partition coefficient (Wildman–Crippen LogP) is 1.77. The van der Waals surface area contributed by atoms with E-state index in [1.54, 1.807) is 10.9 Å². The average molecular weight is 213 g/mol. The van der Waals surface area contributed by atoms with E-state index in [-0.39, 0.29) is 12.5 Å². The Balaban J connectivity index is 2.74. The quantitative estimate of drug-likeness (QED) is 0.810. The van der Waals surface area contributed by atoms with Gasteiger partial charge in [-0.1, -0.05) is 13.8 Å². The summed E-state index contributed by atoms with van der Waals surface area (Å²) in [5, 5.41) is 4.12. The minimum atomic E-state index is -1.32. The Morgan fingerprint density at radius 1 is 1.60 bits per heavy atom. The van der Waals surface area contributed by atoms with Crippen LogP contribution in [0.5, 0.6) is 0 Å². The van der Waals surface area contributed by atoms with Crippen LogP contribution >= 0.6 is 0 Å². The van der Waals surface area contributed by atoms with Crippen LogP contribution in [0.1, 0.15) is 26.3 Å². The molecule has 1 rings (SSSR count). The van der Waals surface area contributed by atoms with Crippen molar-refractivity contribution in [2.75, 3.05) is 6.54 Å². The van der Waals surface area contributed by atoms with Crippen molar-refractivity contribution >= 4 is 0 Å². The number of nitrogens with two attached hydrogens (primary N) is 1. The molecule has 0 bridgehead atoms. The summed E-state index contributed by atoms with van der Waals surface area (Å²) in [4.78, 5) is 0. The highest BCUT2D eigenvalue weighted by Gasteiger charge is 2.32. The van der Waals surface area contributed by atoms with Crippen LogP contribution in [0, 0.1) is 5.92 Å². The smallest absolute Gasteiger partial charge is 0.129 e. The average Bonchev–Trinajstić information content (AvgIpc) is 2.65. The Labute approximate surface area is 90.5 Å². The summed E-state index contributed by atoms with van der Waals surface area (Å²) in [6, 6.07) is 0. The van der Waals surface area contributed by atoms with E-state index in [1.165, 1.54) is 0 Å². The van der Waals surface area contributed by atoms with Crippen molar-refractivity contribution < 1.29 is 4.39 Å². The van der Waals surface area contributed by atoms with Crippen LogP contribution in [-0.4, -0.2) is 22.0 Å². The standard InChI is InChI=1S/C11H20FN3/c1-4-15-7-10(6-14-15)5-11(12,8-13)9(2)3/h6-7,9H,4-5,8,13H2,1-3H3. The van der Waals surface area contributed by atoms with Crippen molar-refractivity contribution in [2.45, 2.75) is 39.4 Å². The van der Waals surface area contributed by atoms with Crippen LogP contribution in [0.15, 0.2) is 12.4 Å². The first-order valence-corrected chi connectivity index (χ1v) is 5.42. The highest BCUT2D eigenvalue weighted by atomic mass is 19.1. The molecule has 0 aliphatic carbocycles. The molecule has 1 heterocycles. The summed E-state index contributed by atoms with van der Waals surface area (Å²) in [5.74, 6) is -0.0764. The molecule has 0 radical (unpaired) electrons. The monoisotopic (exact) mass is 213 g/mol. The number of halogens is 1. The molecule has 1 aromatic rings. The molecule has 86 valence electrons. The number of hydrogen-bond acceptors (Lipinski definition) is 2. The van der Waals surface area contributed by atoms with E-state index in [4.69, 9.17) is 5.73 Å². The minimum Gasteiger partial charge on any atom is -0.328 e. The summed E-state index contributed by atoms with van der Waals surface area (Å²) in [7, 11) is 0. The van der Waals surface area contributed by atoms with Gasteiger partial charge in [0.05, 0.1) is 6.20 Å². The molecule has 0 aliphatic heterocycles. The lowest BCUT2D eigenvalue weighted by molar-refractivity contribution is 0.110. The molecular formula is C11H20FN3. The molecule has 0 aliphatic rings. The molecule has 0 saturated carbocycles. The summed E-state index contributed by atoms with van der Waals surface area (Å²) < 4.78 is 16.1. The fraction of sp³-hybridized carbons (Fsp3) is 0.727. The summed E-state index contributed by atoms with van der Waals surface area (Å²) >= 11 is 0. The topological polar surface area (TPSA) is 43.8 Å². The van der Waals surface area contributed by atoms with Gasteiger partial charge in [-0.2, -0.15) is 5.10 Å². The third-order valence-corrected chi connectivity index (χ3v) is 2.88. The van der Waals surface area contributed by atoms with E-state index in [0.717, 1.165) is 12.1 Å². The second-order valence-electron chi connectivity index (χ2n) is 4.27. The highest BCUT2D eigenvalue weighted by molar-refractivity contribution is 5.09. The van der Waals surface area contributed by atoms with E-state index in [0.29, 0.717) is 6.42 Å². The summed E-state index contributed by atoms with van der Waals surface area (Å²) in [6.07, 6.45) is 3.95. The van der Waals surface area contributed by atoms with Gasteiger partial charge in [-0.3, -0.25) is 4.68 Å². The maximum absolute atomic E-state index is 14.3. The van der Waals surface area contributed by atoms with E-state index >= 15 is 0 Å². The van der Waals surface area contributed by atoms with Crippen molar-refractivity contribution in [3.05, 3.63) is 18.0 Å². The van der Waals surface area contributed by atoms with Gasteiger partial charge < -0.3 is 5.73 Å². The van der Waals surface area contributed by atoms with E-state index in [2.05, 4.69) is 5.10 Å². The number of aromatic nitrogens is 2. The number of aryl methyl sites for hydroxylation is 1. The molecule has 0 aromatic carbocycles. The second kappa shape index (κ2) is 4.75. The van der Waals surface area contributed by atoms with Crippen LogP contribution < -0.4 is 5.73 Å². The number of hydrogen-bond donors (Lipinski definition) is 1. The third kappa shape index (κ3) is 2.78. The first-order chi connectivity index (χ1) is 7.01. The van der Waals surface area contributed by atoms with E-state index < -0.39 is 5.67 Å². The molecule has 0 fully saturated rings. The van der Waals surface area contributed by atoms with Gasteiger partial charge >= 0.3 is 0 Å². The van der Waals surface area contributed by atoms with Gasteiger partial charge in [-0.25, -0.2) is 4.39 Å². The SMILES string of the molecule is CCn1cc(CC(F)(CN)C(C)C)cn1. The van der Waals surface area contributed by atoms with Crippen LogP contribution in [0.25, 0.3) is 0 Å². The molecule has 3 nitrogen and oxygen atoms in total. The Morgan fingerprint density at radius 3 is 2.67 bits per heavy atom. The van der Waals surface area contributed by atoms with Gasteiger partial charge in [0.15, 0.2) is 0 Å². The van der Waals surface area contributed by atoms with Crippen molar-refractivity contribution in [2.24, 2.45) is 11.7 Å². The first kappa shape index (κ1) is 12.2. The number of alkyl halides is 1. The van der Waals surface area contributed by atoms with Gasteiger partial charge in [0, 0.05) is 25.7 Å². The van der Waals surface area contributed by atoms with Crippen LogP contribution in [0.3, 0.4) is 0 Å². The fourth-order valence-electron chi connectivity index (χ4n) is 1.52.